The number of aromatic nitrogens is 1. The average molecular weight is 303 g/mol. The smallest absolute Gasteiger partial charge is 0.185 e. The van der Waals surface area contributed by atoms with E-state index in [4.69, 9.17) is 0 Å². The second-order valence-electron chi connectivity index (χ2n) is 5.30. The fourth-order valence-corrected chi connectivity index (χ4v) is 3.37. The summed E-state index contributed by atoms with van der Waals surface area (Å²) in [6, 6.07) is 8.31. The van der Waals surface area contributed by atoms with Gasteiger partial charge in [0.2, 0.25) is 0 Å². The Hall–Kier alpha value is -1.59. The van der Waals surface area contributed by atoms with Crippen molar-refractivity contribution in [1.82, 2.24) is 4.98 Å². The lowest BCUT2D eigenvalue weighted by atomic mass is 10.1. The Balaban J connectivity index is 1.61. The van der Waals surface area contributed by atoms with Crippen LogP contribution in [-0.4, -0.2) is 36.3 Å². The molecule has 1 saturated heterocycles. The molecule has 4 nitrogen and oxygen atoms in total. The molecule has 3 rings (SSSR count). The van der Waals surface area contributed by atoms with Crippen molar-refractivity contribution in [2.45, 2.75) is 19.4 Å². The van der Waals surface area contributed by atoms with Crippen molar-refractivity contribution in [3.05, 3.63) is 41.4 Å². The van der Waals surface area contributed by atoms with E-state index < -0.39 is 0 Å². The van der Waals surface area contributed by atoms with E-state index in [1.807, 2.05) is 30.6 Å². The van der Waals surface area contributed by atoms with Gasteiger partial charge in [-0.3, -0.25) is 0 Å². The summed E-state index contributed by atoms with van der Waals surface area (Å²) in [4.78, 5) is 9.11. The molecule has 112 valence electrons. The molecule has 0 spiro atoms. The van der Waals surface area contributed by atoms with Crippen LogP contribution in [0.5, 0.6) is 0 Å². The number of benzene rings is 1. The highest BCUT2D eigenvalue weighted by Gasteiger charge is 2.19. The molecule has 2 aromatic rings. The molecule has 0 amide bonds. The van der Waals surface area contributed by atoms with Gasteiger partial charge >= 0.3 is 0 Å². The molecule has 2 heterocycles. The van der Waals surface area contributed by atoms with Crippen LogP contribution in [0.15, 0.2) is 35.8 Å². The van der Waals surface area contributed by atoms with Crippen molar-refractivity contribution in [1.29, 1.82) is 0 Å². The lowest BCUT2D eigenvalue weighted by Crippen LogP contribution is -2.46. The van der Waals surface area contributed by atoms with Gasteiger partial charge in [-0.05, 0) is 24.1 Å². The topological polar surface area (TPSA) is 39.6 Å². The quantitative estimate of drug-likeness (QED) is 0.943. The number of aliphatic hydroxyl groups excluding tert-OH is 1. The van der Waals surface area contributed by atoms with E-state index in [1.54, 1.807) is 11.3 Å². The zero-order valence-corrected chi connectivity index (χ0v) is 13.1. The van der Waals surface area contributed by atoms with Gasteiger partial charge in [0, 0.05) is 43.4 Å². The number of thiazole rings is 1. The molecule has 1 aliphatic rings. The second kappa shape index (κ2) is 6.45. The minimum atomic E-state index is -0.346. The lowest BCUT2D eigenvalue weighted by molar-refractivity contribution is 0.173. The number of hydrogen-bond acceptors (Lipinski definition) is 5. The minimum Gasteiger partial charge on any atom is -0.388 e. The number of aliphatic hydroxyl groups is 1. The predicted molar refractivity (Wildman–Crippen MR) is 88.2 cm³/mol. The molecular weight excluding hydrogens is 282 g/mol. The van der Waals surface area contributed by atoms with Crippen molar-refractivity contribution in [3.63, 3.8) is 0 Å². The molecule has 0 radical (unpaired) electrons. The summed E-state index contributed by atoms with van der Waals surface area (Å²) in [5, 5.41) is 13.0. The molecule has 1 N–H and O–H groups in total. The number of rotatable bonds is 4. The Morgan fingerprint density at radius 3 is 2.38 bits per heavy atom. The lowest BCUT2D eigenvalue weighted by Gasteiger charge is -2.36. The summed E-state index contributed by atoms with van der Waals surface area (Å²) in [7, 11) is 0. The van der Waals surface area contributed by atoms with Gasteiger partial charge in [0.05, 0.1) is 6.10 Å². The third-order valence-corrected chi connectivity index (χ3v) is 4.83. The summed E-state index contributed by atoms with van der Waals surface area (Å²) in [6.45, 7) is 6.03. The zero-order chi connectivity index (χ0) is 14.7. The maximum absolute atomic E-state index is 9.84. The molecule has 0 saturated carbocycles. The van der Waals surface area contributed by atoms with E-state index in [1.165, 1.54) is 5.69 Å². The fourth-order valence-electron chi connectivity index (χ4n) is 2.67. The van der Waals surface area contributed by atoms with Gasteiger partial charge in [-0.25, -0.2) is 4.98 Å². The van der Waals surface area contributed by atoms with Gasteiger partial charge in [0.1, 0.15) is 0 Å². The van der Waals surface area contributed by atoms with Crippen LogP contribution in [-0.2, 0) is 0 Å². The molecule has 1 fully saturated rings. The molecule has 21 heavy (non-hydrogen) atoms. The van der Waals surface area contributed by atoms with E-state index in [9.17, 15) is 5.11 Å². The molecule has 1 aliphatic heterocycles. The highest BCUT2D eigenvalue weighted by Crippen LogP contribution is 2.24. The maximum Gasteiger partial charge on any atom is 0.185 e. The predicted octanol–water partition coefficient (Wildman–Crippen LogP) is 2.91. The largest absolute Gasteiger partial charge is 0.388 e. The summed E-state index contributed by atoms with van der Waals surface area (Å²) < 4.78 is 0. The Bertz CT molecular complexity index is 547. The van der Waals surface area contributed by atoms with Gasteiger partial charge in [0.25, 0.3) is 0 Å². The monoisotopic (exact) mass is 303 g/mol. The van der Waals surface area contributed by atoms with E-state index in [0.717, 1.165) is 43.3 Å². The van der Waals surface area contributed by atoms with Crippen LogP contribution in [0.3, 0.4) is 0 Å². The second-order valence-corrected chi connectivity index (χ2v) is 6.18. The Morgan fingerprint density at radius 1 is 1.14 bits per heavy atom. The van der Waals surface area contributed by atoms with Gasteiger partial charge < -0.3 is 14.9 Å². The fraction of sp³-hybridized carbons (Fsp3) is 0.438. The first-order chi connectivity index (χ1) is 10.3. The Morgan fingerprint density at radius 2 is 1.81 bits per heavy atom. The third-order valence-electron chi connectivity index (χ3n) is 4.00. The van der Waals surface area contributed by atoms with Crippen LogP contribution in [0.2, 0.25) is 0 Å². The van der Waals surface area contributed by atoms with Crippen LogP contribution in [0.25, 0.3) is 0 Å². The van der Waals surface area contributed by atoms with Gasteiger partial charge in [0.15, 0.2) is 5.13 Å². The molecule has 0 aliphatic carbocycles. The molecule has 1 atom stereocenters. The summed E-state index contributed by atoms with van der Waals surface area (Å²) in [5.74, 6) is 0. The number of piperazine rings is 1. The van der Waals surface area contributed by atoms with Crippen LogP contribution >= 0.6 is 11.3 Å². The van der Waals surface area contributed by atoms with Crippen molar-refractivity contribution in [2.24, 2.45) is 0 Å². The molecule has 1 aromatic heterocycles. The standard InChI is InChI=1S/C16H21N3OS/c1-2-15(20)13-3-5-14(6-4-13)18-8-10-19(11-9-18)16-17-7-12-21-16/h3-7,12,15,20H,2,8-11H2,1H3/t15-/m0/s1. The molecule has 0 bridgehead atoms. The van der Waals surface area contributed by atoms with Crippen LogP contribution in [0.1, 0.15) is 25.0 Å². The third kappa shape index (κ3) is 3.19. The van der Waals surface area contributed by atoms with Gasteiger partial charge in [-0.15, -0.1) is 11.3 Å². The first-order valence-electron chi connectivity index (χ1n) is 7.45. The SMILES string of the molecule is CC[C@H](O)c1ccc(N2CCN(c3nccs3)CC2)cc1. The van der Waals surface area contributed by atoms with Crippen molar-refractivity contribution >= 4 is 22.2 Å². The number of nitrogens with zero attached hydrogens (tertiary/aromatic N) is 3. The average Bonchev–Trinajstić information content (AvgIpc) is 3.09. The first-order valence-corrected chi connectivity index (χ1v) is 8.33. The van der Waals surface area contributed by atoms with E-state index >= 15 is 0 Å². The van der Waals surface area contributed by atoms with E-state index in [0.29, 0.717) is 0 Å². The summed E-state index contributed by atoms with van der Waals surface area (Å²) in [6.07, 6.45) is 2.27. The first kappa shape index (κ1) is 14.4. The Labute approximate surface area is 129 Å². The maximum atomic E-state index is 9.84. The number of anilines is 2. The van der Waals surface area contributed by atoms with Gasteiger partial charge in [-0.2, -0.15) is 0 Å². The van der Waals surface area contributed by atoms with Crippen molar-refractivity contribution in [2.75, 3.05) is 36.0 Å². The van der Waals surface area contributed by atoms with Crippen LogP contribution in [0.4, 0.5) is 10.8 Å². The zero-order valence-electron chi connectivity index (χ0n) is 12.3. The van der Waals surface area contributed by atoms with E-state index in [2.05, 4.69) is 26.9 Å². The highest BCUT2D eigenvalue weighted by atomic mass is 32.1. The normalized spacial score (nSPS) is 17.0. The van der Waals surface area contributed by atoms with Crippen LogP contribution in [0, 0.1) is 0 Å². The molecule has 1 aromatic carbocycles. The van der Waals surface area contributed by atoms with E-state index in [-0.39, 0.29) is 6.10 Å². The minimum absolute atomic E-state index is 0.346. The summed E-state index contributed by atoms with van der Waals surface area (Å²) in [5.41, 5.74) is 2.24. The summed E-state index contributed by atoms with van der Waals surface area (Å²) >= 11 is 1.70. The van der Waals surface area contributed by atoms with Crippen molar-refractivity contribution < 1.29 is 5.11 Å². The van der Waals surface area contributed by atoms with Crippen molar-refractivity contribution in [3.8, 4) is 0 Å². The molecular formula is C16H21N3OS. The number of hydrogen-bond donors (Lipinski definition) is 1. The Kier molecular flexibility index (Phi) is 4.41. The van der Waals surface area contributed by atoms with Gasteiger partial charge in [-0.1, -0.05) is 19.1 Å². The van der Waals surface area contributed by atoms with Crippen LogP contribution < -0.4 is 9.80 Å². The molecule has 5 heteroatoms. The molecule has 0 unspecified atom stereocenters. The highest BCUT2D eigenvalue weighted by molar-refractivity contribution is 7.13.